The fraction of sp³-hybridized carbons (Fsp3) is 0.240. The van der Waals surface area contributed by atoms with E-state index in [1.807, 2.05) is 60.4 Å². The number of benzene rings is 3. The molecule has 1 aliphatic heterocycles. The van der Waals surface area contributed by atoms with Crippen molar-refractivity contribution in [1.29, 1.82) is 0 Å². The molecule has 148 valence electrons. The zero-order valence-electron chi connectivity index (χ0n) is 17.1. The summed E-state index contributed by atoms with van der Waals surface area (Å²) in [6, 6.07) is 21.9. The SMILES string of the molecule is CCOc1ccc(N2C(=O)c3ccccc3[C@H]2Nc2c(C)cccc2CC)cc1. The van der Waals surface area contributed by atoms with Crippen LogP contribution in [0.15, 0.2) is 66.7 Å². The molecular weight excluding hydrogens is 360 g/mol. The van der Waals surface area contributed by atoms with E-state index in [0.29, 0.717) is 6.61 Å². The fourth-order valence-electron chi connectivity index (χ4n) is 3.96. The Bertz CT molecular complexity index is 1030. The number of hydrogen-bond acceptors (Lipinski definition) is 3. The normalized spacial score (nSPS) is 15.3. The number of aryl methyl sites for hydroxylation is 2. The molecule has 4 heteroatoms. The van der Waals surface area contributed by atoms with Gasteiger partial charge in [-0.25, -0.2) is 0 Å². The highest BCUT2D eigenvalue weighted by Gasteiger charge is 2.38. The van der Waals surface area contributed by atoms with Gasteiger partial charge in [-0.05, 0) is 61.7 Å². The molecule has 0 bridgehead atoms. The largest absolute Gasteiger partial charge is 0.494 e. The molecule has 0 spiro atoms. The Morgan fingerprint density at radius 3 is 2.45 bits per heavy atom. The Morgan fingerprint density at radius 1 is 0.966 bits per heavy atom. The molecule has 0 aromatic heterocycles. The van der Waals surface area contributed by atoms with E-state index in [1.165, 1.54) is 11.1 Å². The van der Waals surface area contributed by atoms with Crippen LogP contribution in [-0.4, -0.2) is 12.5 Å². The Kier molecular flexibility index (Phi) is 5.26. The second kappa shape index (κ2) is 8.00. The van der Waals surface area contributed by atoms with Gasteiger partial charge in [-0.2, -0.15) is 0 Å². The van der Waals surface area contributed by atoms with Gasteiger partial charge in [-0.1, -0.05) is 43.3 Å². The highest BCUT2D eigenvalue weighted by Crippen LogP contribution is 2.39. The van der Waals surface area contributed by atoms with Crippen molar-refractivity contribution in [3.63, 3.8) is 0 Å². The van der Waals surface area contributed by atoms with Crippen molar-refractivity contribution in [2.24, 2.45) is 0 Å². The lowest BCUT2D eigenvalue weighted by atomic mass is 10.0. The van der Waals surface area contributed by atoms with Gasteiger partial charge in [0.15, 0.2) is 0 Å². The first-order valence-electron chi connectivity index (χ1n) is 10.1. The molecule has 0 unspecified atom stereocenters. The molecular formula is C25H26N2O2. The van der Waals surface area contributed by atoms with Crippen LogP contribution in [0.25, 0.3) is 0 Å². The molecule has 29 heavy (non-hydrogen) atoms. The molecule has 3 aromatic carbocycles. The van der Waals surface area contributed by atoms with Gasteiger partial charge in [0.05, 0.1) is 6.61 Å². The molecule has 0 saturated carbocycles. The second-order valence-electron chi connectivity index (χ2n) is 7.20. The number of ether oxygens (including phenoxy) is 1. The van der Waals surface area contributed by atoms with Crippen LogP contribution in [0.3, 0.4) is 0 Å². The van der Waals surface area contributed by atoms with Crippen molar-refractivity contribution < 1.29 is 9.53 Å². The molecule has 4 nitrogen and oxygen atoms in total. The molecule has 0 aliphatic carbocycles. The fourth-order valence-corrected chi connectivity index (χ4v) is 3.96. The molecule has 3 aromatic rings. The van der Waals surface area contributed by atoms with Crippen LogP contribution in [0.5, 0.6) is 5.75 Å². The lowest BCUT2D eigenvalue weighted by Gasteiger charge is -2.29. The average Bonchev–Trinajstić information content (AvgIpc) is 3.02. The number of fused-ring (bicyclic) bond motifs is 1. The molecule has 4 rings (SSSR count). The zero-order valence-corrected chi connectivity index (χ0v) is 17.1. The smallest absolute Gasteiger partial charge is 0.260 e. The van der Waals surface area contributed by atoms with Gasteiger partial charge in [0, 0.05) is 22.5 Å². The lowest BCUT2D eigenvalue weighted by Crippen LogP contribution is -2.32. The number of nitrogens with zero attached hydrogens (tertiary/aromatic N) is 1. The lowest BCUT2D eigenvalue weighted by molar-refractivity contribution is 0.0993. The summed E-state index contributed by atoms with van der Waals surface area (Å²) in [7, 11) is 0. The second-order valence-corrected chi connectivity index (χ2v) is 7.20. The predicted octanol–water partition coefficient (Wildman–Crippen LogP) is 5.73. The minimum absolute atomic E-state index is 0.00823. The minimum Gasteiger partial charge on any atom is -0.494 e. The molecule has 1 heterocycles. The number of rotatable bonds is 6. The topological polar surface area (TPSA) is 41.6 Å². The van der Waals surface area contributed by atoms with Gasteiger partial charge in [0.1, 0.15) is 11.9 Å². The van der Waals surface area contributed by atoms with Crippen LogP contribution >= 0.6 is 0 Å². The van der Waals surface area contributed by atoms with Gasteiger partial charge in [0.25, 0.3) is 5.91 Å². The maximum atomic E-state index is 13.3. The number of nitrogens with one attached hydrogen (secondary N) is 1. The Hall–Kier alpha value is -3.27. The first kappa shape index (κ1) is 19.1. The monoisotopic (exact) mass is 386 g/mol. The molecule has 1 amide bonds. The van der Waals surface area contributed by atoms with Crippen molar-refractivity contribution in [3.8, 4) is 5.75 Å². The van der Waals surface area contributed by atoms with Gasteiger partial charge in [0.2, 0.25) is 0 Å². The Balaban J connectivity index is 1.77. The van der Waals surface area contributed by atoms with Crippen LogP contribution in [0.2, 0.25) is 0 Å². The number of carbonyl (C=O) groups is 1. The number of para-hydroxylation sites is 1. The summed E-state index contributed by atoms with van der Waals surface area (Å²) in [6.45, 7) is 6.83. The van der Waals surface area contributed by atoms with Crippen molar-refractivity contribution in [3.05, 3.63) is 89.0 Å². The summed E-state index contributed by atoms with van der Waals surface area (Å²) >= 11 is 0. The quantitative estimate of drug-likeness (QED) is 0.588. The summed E-state index contributed by atoms with van der Waals surface area (Å²) in [6.07, 6.45) is 0.665. The minimum atomic E-state index is -0.261. The number of hydrogen-bond donors (Lipinski definition) is 1. The standard InChI is InChI=1S/C25H26N2O2/c1-4-18-10-8-9-17(3)23(18)26-24-21-11-6-7-12-22(21)25(28)27(24)19-13-15-20(16-14-19)29-5-2/h6-16,24,26H,4-5H2,1-3H3/t24-/m0/s1. The van der Waals surface area contributed by atoms with Crippen LogP contribution in [-0.2, 0) is 6.42 Å². The maximum Gasteiger partial charge on any atom is 0.260 e. The van der Waals surface area contributed by atoms with Crippen molar-refractivity contribution in [1.82, 2.24) is 0 Å². The summed E-state index contributed by atoms with van der Waals surface area (Å²) in [5.74, 6) is 0.811. The first-order chi connectivity index (χ1) is 14.1. The Labute approximate surface area is 172 Å². The van der Waals surface area contributed by atoms with Crippen LogP contribution in [0.4, 0.5) is 11.4 Å². The van der Waals surface area contributed by atoms with Crippen molar-refractivity contribution in [2.75, 3.05) is 16.8 Å². The predicted molar refractivity (Wildman–Crippen MR) is 118 cm³/mol. The van der Waals surface area contributed by atoms with E-state index in [-0.39, 0.29) is 12.1 Å². The summed E-state index contributed by atoms with van der Waals surface area (Å²) in [5.41, 5.74) is 6.10. The molecule has 0 fully saturated rings. The van der Waals surface area contributed by atoms with E-state index < -0.39 is 0 Å². The van der Waals surface area contributed by atoms with E-state index in [0.717, 1.165) is 34.7 Å². The van der Waals surface area contributed by atoms with E-state index in [2.05, 4.69) is 37.4 Å². The van der Waals surface area contributed by atoms with E-state index in [1.54, 1.807) is 0 Å². The molecule has 1 aliphatic rings. The Morgan fingerprint density at radius 2 is 1.72 bits per heavy atom. The third-order valence-electron chi connectivity index (χ3n) is 5.41. The summed E-state index contributed by atoms with van der Waals surface area (Å²) in [5, 5.41) is 3.68. The molecule has 1 N–H and O–H groups in total. The van der Waals surface area contributed by atoms with Crippen LogP contribution < -0.4 is 15.0 Å². The third-order valence-corrected chi connectivity index (χ3v) is 5.41. The highest BCUT2D eigenvalue weighted by molar-refractivity contribution is 6.11. The molecule has 0 radical (unpaired) electrons. The van der Waals surface area contributed by atoms with Gasteiger partial charge in [-0.15, -0.1) is 0 Å². The number of carbonyl (C=O) groups excluding carboxylic acids is 1. The molecule has 0 saturated heterocycles. The average molecular weight is 386 g/mol. The van der Waals surface area contributed by atoms with Gasteiger partial charge in [-0.3, -0.25) is 9.69 Å². The summed E-state index contributed by atoms with van der Waals surface area (Å²) in [4.78, 5) is 15.1. The van der Waals surface area contributed by atoms with Gasteiger partial charge >= 0.3 is 0 Å². The number of anilines is 2. The zero-order chi connectivity index (χ0) is 20.4. The van der Waals surface area contributed by atoms with Crippen LogP contribution in [0.1, 0.15) is 47.1 Å². The maximum absolute atomic E-state index is 13.3. The highest BCUT2D eigenvalue weighted by atomic mass is 16.5. The van der Waals surface area contributed by atoms with E-state index in [4.69, 9.17) is 4.74 Å². The number of amides is 1. The third kappa shape index (κ3) is 3.46. The van der Waals surface area contributed by atoms with E-state index >= 15 is 0 Å². The van der Waals surface area contributed by atoms with Crippen LogP contribution in [0, 0.1) is 6.92 Å². The first-order valence-corrected chi connectivity index (χ1v) is 10.1. The van der Waals surface area contributed by atoms with E-state index in [9.17, 15) is 4.79 Å². The summed E-state index contributed by atoms with van der Waals surface area (Å²) < 4.78 is 5.56. The van der Waals surface area contributed by atoms with Crippen molar-refractivity contribution >= 4 is 17.3 Å². The van der Waals surface area contributed by atoms with Crippen molar-refractivity contribution in [2.45, 2.75) is 33.4 Å². The molecule has 1 atom stereocenters. The van der Waals surface area contributed by atoms with Gasteiger partial charge < -0.3 is 10.1 Å².